The van der Waals surface area contributed by atoms with Gasteiger partial charge in [-0.25, -0.2) is 0 Å². The summed E-state index contributed by atoms with van der Waals surface area (Å²) in [5, 5.41) is 8.84. The molecule has 0 radical (unpaired) electrons. The van der Waals surface area contributed by atoms with Crippen molar-refractivity contribution < 1.29 is 4.79 Å². The highest BCUT2D eigenvalue weighted by Crippen LogP contribution is 2.14. The van der Waals surface area contributed by atoms with Crippen molar-refractivity contribution in [2.24, 2.45) is 0 Å². The van der Waals surface area contributed by atoms with Crippen molar-refractivity contribution >= 4 is 5.78 Å². The standard InChI is InChI=1S/C16H14N2O/c1-11-12(2)18-7-6-14(11)9-16(19)15-5-3-4-13(8-15)10-17/h3-8H,9H2,1-2H3. The van der Waals surface area contributed by atoms with Gasteiger partial charge < -0.3 is 0 Å². The van der Waals surface area contributed by atoms with E-state index in [2.05, 4.69) is 4.98 Å². The van der Waals surface area contributed by atoms with Crippen LogP contribution in [-0.4, -0.2) is 10.8 Å². The summed E-state index contributed by atoms with van der Waals surface area (Å²) in [4.78, 5) is 16.4. The second kappa shape index (κ2) is 5.45. The number of pyridine rings is 1. The fourth-order valence-corrected chi connectivity index (χ4v) is 1.92. The van der Waals surface area contributed by atoms with Gasteiger partial charge in [-0.3, -0.25) is 9.78 Å². The van der Waals surface area contributed by atoms with E-state index in [0.29, 0.717) is 17.5 Å². The Balaban J connectivity index is 2.26. The van der Waals surface area contributed by atoms with Crippen molar-refractivity contribution in [3.8, 4) is 6.07 Å². The Morgan fingerprint density at radius 2 is 2.11 bits per heavy atom. The number of carbonyl (C=O) groups excluding carboxylic acids is 1. The molecule has 0 bridgehead atoms. The summed E-state index contributed by atoms with van der Waals surface area (Å²) in [6.45, 7) is 3.90. The quantitative estimate of drug-likeness (QED) is 0.787. The van der Waals surface area contributed by atoms with Gasteiger partial charge in [0, 0.05) is 23.9 Å². The van der Waals surface area contributed by atoms with Crippen LogP contribution in [0.3, 0.4) is 0 Å². The number of nitriles is 1. The van der Waals surface area contributed by atoms with E-state index in [-0.39, 0.29) is 5.78 Å². The van der Waals surface area contributed by atoms with Crippen molar-refractivity contribution in [2.75, 3.05) is 0 Å². The second-order valence-electron chi connectivity index (χ2n) is 4.47. The van der Waals surface area contributed by atoms with Gasteiger partial charge >= 0.3 is 0 Å². The Morgan fingerprint density at radius 3 is 2.84 bits per heavy atom. The molecule has 2 rings (SSSR count). The Morgan fingerprint density at radius 1 is 1.32 bits per heavy atom. The van der Waals surface area contributed by atoms with Crippen LogP contribution in [0.25, 0.3) is 0 Å². The third-order valence-electron chi connectivity index (χ3n) is 3.23. The zero-order valence-corrected chi connectivity index (χ0v) is 11.0. The molecule has 1 aromatic heterocycles. The normalized spacial score (nSPS) is 9.95. The molecule has 94 valence electrons. The van der Waals surface area contributed by atoms with Crippen molar-refractivity contribution in [1.82, 2.24) is 4.98 Å². The van der Waals surface area contributed by atoms with E-state index >= 15 is 0 Å². The average Bonchev–Trinajstić information content (AvgIpc) is 2.44. The monoisotopic (exact) mass is 250 g/mol. The number of carbonyl (C=O) groups is 1. The number of hydrogen-bond acceptors (Lipinski definition) is 3. The highest BCUT2D eigenvalue weighted by molar-refractivity contribution is 5.97. The van der Waals surface area contributed by atoms with Gasteiger partial charge in [-0.05, 0) is 43.2 Å². The van der Waals surface area contributed by atoms with E-state index < -0.39 is 0 Å². The molecule has 0 spiro atoms. The number of aryl methyl sites for hydroxylation is 1. The number of rotatable bonds is 3. The SMILES string of the molecule is Cc1nccc(CC(=O)c2cccc(C#N)c2)c1C. The highest BCUT2D eigenvalue weighted by Gasteiger charge is 2.10. The minimum absolute atomic E-state index is 0.0193. The topological polar surface area (TPSA) is 53.8 Å². The summed E-state index contributed by atoms with van der Waals surface area (Å²) in [6.07, 6.45) is 2.06. The van der Waals surface area contributed by atoms with Crippen LogP contribution in [0.1, 0.15) is 32.7 Å². The highest BCUT2D eigenvalue weighted by atomic mass is 16.1. The summed E-state index contributed by atoms with van der Waals surface area (Å²) in [5.74, 6) is 0.0193. The molecule has 0 aliphatic rings. The molecule has 0 saturated heterocycles. The number of aromatic nitrogens is 1. The fourth-order valence-electron chi connectivity index (χ4n) is 1.92. The zero-order chi connectivity index (χ0) is 13.8. The molecule has 0 fully saturated rings. The minimum Gasteiger partial charge on any atom is -0.294 e. The Hall–Kier alpha value is -2.47. The van der Waals surface area contributed by atoms with Gasteiger partial charge in [0.05, 0.1) is 11.6 Å². The molecule has 0 N–H and O–H groups in total. The maximum atomic E-state index is 12.2. The first-order valence-corrected chi connectivity index (χ1v) is 6.06. The van der Waals surface area contributed by atoms with Gasteiger partial charge in [-0.2, -0.15) is 5.26 Å². The number of hydrogen-bond donors (Lipinski definition) is 0. The van der Waals surface area contributed by atoms with Crippen LogP contribution in [0.2, 0.25) is 0 Å². The van der Waals surface area contributed by atoms with Crippen LogP contribution < -0.4 is 0 Å². The molecule has 1 heterocycles. The van der Waals surface area contributed by atoms with Crippen molar-refractivity contribution in [2.45, 2.75) is 20.3 Å². The maximum absolute atomic E-state index is 12.2. The first kappa shape index (κ1) is 13.0. The van der Waals surface area contributed by atoms with Crippen LogP contribution in [-0.2, 0) is 6.42 Å². The molecule has 0 aliphatic heterocycles. The Kier molecular flexibility index (Phi) is 3.72. The molecule has 0 aliphatic carbocycles. The molecule has 2 aromatic rings. The molecule has 0 atom stereocenters. The van der Waals surface area contributed by atoms with E-state index in [1.54, 1.807) is 30.5 Å². The van der Waals surface area contributed by atoms with E-state index in [4.69, 9.17) is 5.26 Å². The van der Waals surface area contributed by atoms with Crippen molar-refractivity contribution in [3.05, 3.63) is 64.5 Å². The number of ketones is 1. The summed E-state index contributed by atoms with van der Waals surface area (Å²) in [6, 6.07) is 10.7. The molecule has 0 unspecified atom stereocenters. The Labute approximate surface area is 112 Å². The molecule has 0 amide bonds. The number of benzene rings is 1. The second-order valence-corrected chi connectivity index (χ2v) is 4.47. The van der Waals surface area contributed by atoms with Gasteiger partial charge in [0.25, 0.3) is 0 Å². The van der Waals surface area contributed by atoms with Gasteiger partial charge in [0.15, 0.2) is 5.78 Å². The lowest BCUT2D eigenvalue weighted by molar-refractivity contribution is 0.0992. The van der Waals surface area contributed by atoms with Crippen molar-refractivity contribution in [1.29, 1.82) is 5.26 Å². The summed E-state index contributed by atoms with van der Waals surface area (Å²) in [7, 11) is 0. The number of Topliss-reactive ketones (excluding diaryl/α,β-unsaturated/α-hetero) is 1. The zero-order valence-electron chi connectivity index (χ0n) is 11.0. The summed E-state index contributed by atoms with van der Waals surface area (Å²) < 4.78 is 0. The van der Waals surface area contributed by atoms with Crippen LogP contribution in [0.4, 0.5) is 0 Å². The smallest absolute Gasteiger partial charge is 0.167 e. The van der Waals surface area contributed by atoms with Gasteiger partial charge in [-0.1, -0.05) is 12.1 Å². The maximum Gasteiger partial charge on any atom is 0.167 e. The first-order chi connectivity index (χ1) is 9.11. The summed E-state index contributed by atoms with van der Waals surface area (Å²) in [5.41, 5.74) is 4.06. The molecular formula is C16H14N2O. The van der Waals surface area contributed by atoms with Gasteiger partial charge in [-0.15, -0.1) is 0 Å². The third-order valence-corrected chi connectivity index (χ3v) is 3.23. The van der Waals surface area contributed by atoms with Crippen molar-refractivity contribution in [3.63, 3.8) is 0 Å². The van der Waals surface area contributed by atoms with E-state index in [1.165, 1.54) is 0 Å². The molecule has 1 aromatic carbocycles. The van der Waals surface area contributed by atoms with Gasteiger partial charge in [0.1, 0.15) is 0 Å². The van der Waals surface area contributed by atoms with Gasteiger partial charge in [0.2, 0.25) is 0 Å². The molecule has 0 saturated carbocycles. The molecular weight excluding hydrogens is 236 g/mol. The lowest BCUT2D eigenvalue weighted by Gasteiger charge is -2.07. The average molecular weight is 250 g/mol. The predicted molar refractivity (Wildman–Crippen MR) is 72.9 cm³/mol. The Bertz CT molecular complexity index is 669. The third kappa shape index (κ3) is 2.86. The number of nitrogens with zero attached hydrogens (tertiary/aromatic N) is 2. The van der Waals surface area contributed by atoms with E-state index in [9.17, 15) is 4.79 Å². The van der Waals surface area contributed by atoms with Crippen LogP contribution in [0.5, 0.6) is 0 Å². The van der Waals surface area contributed by atoms with E-state index in [0.717, 1.165) is 16.8 Å². The molecule has 3 heteroatoms. The predicted octanol–water partition coefficient (Wildman–Crippen LogP) is 3.00. The first-order valence-electron chi connectivity index (χ1n) is 6.06. The molecule has 3 nitrogen and oxygen atoms in total. The largest absolute Gasteiger partial charge is 0.294 e. The van der Waals surface area contributed by atoms with E-state index in [1.807, 2.05) is 26.0 Å². The molecule has 19 heavy (non-hydrogen) atoms. The van der Waals surface area contributed by atoms with Crippen LogP contribution >= 0.6 is 0 Å². The summed E-state index contributed by atoms with van der Waals surface area (Å²) >= 11 is 0. The lowest BCUT2D eigenvalue weighted by atomic mass is 9.98. The van der Waals surface area contributed by atoms with Crippen LogP contribution in [0.15, 0.2) is 36.5 Å². The van der Waals surface area contributed by atoms with Crippen LogP contribution in [0, 0.1) is 25.2 Å². The fraction of sp³-hybridized carbons (Fsp3) is 0.188. The lowest BCUT2D eigenvalue weighted by Crippen LogP contribution is -2.06. The minimum atomic E-state index is 0.0193.